The molecule has 2 rings (SSSR count). The molecular weight excluding hydrogens is 254 g/mol. The van der Waals surface area contributed by atoms with Crippen LogP contribution in [0.15, 0.2) is 30.8 Å². The van der Waals surface area contributed by atoms with Crippen molar-refractivity contribution in [2.75, 3.05) is 0 Å². The number of benzene rings is 1. The first kappa shape index (κ1) is 13.3. The van der Waals surface area contributed by atoms with Gasteiger partial charge in [0.15, 0.2) is 0 Å². The second kappa shape index (κ2) is 5.69. The molecule has 0 saturated heterocycles. The van der Waals surface area contributed by atoms with Gasteiger partial charge in [0.1, 0.15) is 5.75 Å². The van der Waals surface area contributed by atoms with Crippen LogP contribution in [0.3, 0.4) is 0 Å². The van der Waals surface area contributed by atoms with Gasteiger partial charge in [0, 0.05) is 5.92 Å². The van der Waals surface area contributed by atoms with E-state index < -0.39 is 6.61 Å². The van der Waals surface area contributed by atoms with Crippen molar-refractivity contribution in [1.82, 2.24) is 10.9 Å². The van der Waals surface area contributed by atoms with Crippen LogP contribution in [0.1, 0.15) is 18.4 Å². The van der Waals surface area contributed by atoms with Crippen LogP contribution in [0.2, 0.25) is 0 Å². The Hall–Kier alpha value is -2.11. The minimum absolute atomic E-state index is 0.0567. The number of hydrogen-bond donors (Lipinski definition) is 2. The van der Waals surface area contributed by atoms with Crippen molar-refractivity contribution in [2.24, 2.45) is 5.92 Å². The van der Waals surface area contributed by atoms with Gasteiger partial charge in [-0.2, -0.15) is 8.78 Å². The van der Waals surface area contributed by atoms with Crippen molar-refractivity contribution in [2.45, 2.75) is 19.5 Å². The molecule has 1 aromatic rings. The molecule has 1 saturated carbocycles. The summed E-state index contributed by atoms with van der Waals surface area (Å²) in [5.74, 6) is 0.120. The lowest BCUT2D eigenvalue weighted by molar-refractivity contribution is -0.122. The van der Waals surface area contributed by atoms with Crippen LogP contribution in [0.5, 0.6) is 5.75 Å². The van der Waals surface area contributed by atoms with E-state index in [1.165, 1.54) is 12.1 Å². The van der Waals surface area contributed by atoms with Crippen molar-refractivity contribution in [3.8, 4) is 5.75 Å². The molecule has 6 heteroatoms. The highest BCUT2D eigenvalue weighted by molar-refractivity contribution is 5.81. The van der Waals surface area contributed by atoms with E-state index in [2.05, 4.69) is 22.2 Å². The van der Waals surface area contributed by atoms with Crippen molar-refractivity contribution in [3.63, 3.8) is 0 Å². The van der Waals surface area contributed by atoms with E-state index in [-0.39, 0.29) is 17.6 Å². The number of nitrogens with one attached hydrogen (secondary N) is 2. The van der Waals surface area contributed by atoms with E-state index >= 15 is 0 Å². The van der Waals surface area contributed by atoms with Gasteiger partial charge in [-0.05, 0) is 42.7 Å². The van der Waals surface area contributed by atoms with Gasteiger partial charge < -0.3 is 4.74 Å². The van der Waals surface area contributed by atoms with Gasteiger partial charge in [-0.15, -0.1) is 0 Å². The zero-order chi connectivity index (χ0) is 13.8. The molecule has 1 fully saturated rings. The molecule has 0 spiro atoms. The number of alkyl halides is 2. The van der Waals surface area contributed by atoms with Gasteiger partial charge >= 0.3 is 6.61 Å². The number of ether oxygens (including phenoxy) is 1. The average Bonchev–Trinajstić information content (AvgIpc) is 3.20. The summed E-state index contributed by atoms with van der Waals surface area (Å²) in [5.41, 5.74) is 6.41. The molecule has 0 heterocycles. The van der Waals surface area contributed by atoms with E-state index in [1.54, 1.807) is 12.1 Å². The molecule has 1 aromatic carbocycles. The maximum absolute atomic E-state index is 12.0. The first-order valence-corrected chi connectivity index (χ1v) is 5.86. The topological polar surface area (TPSA) is 50.4 Å². The standard InChI is InChI=1S/C13H14F2N2O2/c1-8(16-17-12(18)10-2-3-10)9-4-6-11(7-5-9)19-13(14)15/h4-7,10,13,16H,1-3H2,(H,17,18). The minimum Gasteiger partial charge on any atom is -0.435 e. The molecule has 0 atom stereocenters. The van der Waals surface area contributed by atoms with E-state index in [1.807, 2.05) is 0 Å². The molecule has 0 unspecified atom stereocenters. The van der Waals surface area contributed by atoms with Crippen LogP contribution in [0.25, 0.3) is 5.70 Å². The molecule has 2 N–H and O–H groups in total. The fraction of sp³-hybridized carbons (Fsp3) is 0.308. The summed E-state index contributed by atoms with van der Waals surface area (Å²) in [6, 6.07) is 5.99. The highest BCUT2D eigenvalue weighted by atomic mass is 19.3. The maximum Gasteiger partial charge on any atom is 0.387 e. The van der Waals surface area contributed by atoms with Crippen LogP contribution >= 0.6 is 0 Å². The number of rotatable bonds is 6. The van der Waals surface area contributed by atoms with Crippen LogP contribution in [0.4, 0.5) is 8.78 Å². The van der Waals surface area contributed by atoms with E-state index in [9.17, 15) is 13.6 Å². The van der Waals surface area contributed by atoms with Crippen LogP contribution in [0, 0.1) is 5.92 Å². The van der Waals surface area contributed by atoms with Gasteiger partial charge in [-0.25, -0.2) is 0 Å². The Bertz CT molecular complexity index is 470. The Labute approximate surface area is 109 Å². The van der Waals surface area contributed by atoms with Crippen molar-refractivity contribution in [1.29, 1.82) is 0 Å². The highest BCUT2D eigenvalue weighted by Crippen LogP contribution is 2.28. The Morgan fingerprint density at radius 3 is 2.42 bits per heavy atom. The highest BCUT2D eigenvalue weighted by Gasteiger charge is 2.29. The monoisotopic (exact) mass is 268 g/mol. The van der Waals surface area contributed by atoms with Gasteiger partial charge in [0.05, 0.1) is 5.70 Å². The fourth-order valence-electron chi connectivity index (χ4n) is 1.49. The fourth-order valence-corrected chi connectivity index (χ4v) is 1.49. The quantitative estimate of drug-likeness (QED) is 0.778. The minimum atomic E-state index is -2.84. The summed E-state index contributed by atoms with van der Waals surface area (Å²) in [7, 11) is 0. The maximum atomic E-state index is 12.0. The molecule has 1 aliphatic rings. The molecule has 0 aliphatic heterocycles. The lowest BCUT2D eigenvalue weighted by atomic mass is 10.2. The SMILES string of the molecule is C=C(NNC(=O)C1CC1)c1ccc(OC(F)F)cc1. The molecule has 1 amide bonds. The second-order valence-corrected chi connectivity index (χ2v) is 4.27. The van der Waals surface area contributed by atoms with Gasteiger partial charge in [-0.1, -0.05) is 6.58 Å². The Morgan fingerprint density at radius 1 is 1.26 bits per heavy atom. The number of hydrazine groups is 1. The molecule has 19 heavy (non-hydrogen) atoms. The third-order valence-electron chi connectivity index (χ3n) is 2.71. The van der Waals surface area contributed by atoms with Crippen LogP contribution in [-0.4, -0.2) is 12.5 Å². The molecule has 1 aliphatic carbocycles. The molecule has 0 aromatic heterocycles. The molecular formula is C13H14F2N2O2. The largest absolute Gasteiger partial charge is 0.435 e. The molecule has 0 radical (unpaired) electrons. The number of halogens is 2. The predicted molar refractivity (Wildman–Crippen MR) is 66.1 cm³/mol. The Balaban J connectivity index is 1.86. The average molecular weight is 268 g/mol. The number of carbonyl (C=O) groups is 1. The summed E-state index contributed by atoms with van der Waals surface area (Å²) in [6.45, 7) is 0.910. The Kier molecular flexibility index (Phi) is 3.99. The lowest BCUT2D eigenvalue weighted by Crippen LogP contribution is -2.36. The Morgan fingerprint density at radius 2 is 1.89 bits per heavy atom. The third-order valence-corrected chi connectivity index (χ3v) is 2.71. The van der Waals surface area contributed by atoms with E-state index in [4.69, 9.17) is 0 Å². The molecule has 102 valence electrons. The summed E-state index contributed by atoms with van der Waals surface area (Å²) in [5, 5.41) is 0. The van der Waals surface area contributed by atoms with Crippen molar-refractivity contribution in [3.05, 3.63) is 36.4 Å². The number of carbonyl (C=O) groups excluding carboxylic acids is 1. The summed E-state index contributed by atoms with van der Waals surface area (Å²) in [4.78, 5) is 11.4. The van der Waals surface area contributed by atoms with Crippen molar-refractivity contribution >= 4 is 11.6 Å². The number of hydrogen-bond acceptors (Lipinski definition) is 3. The van der Waals surface area contributed by atoms with E-state index in [0.29, 0.717) is 11.3 Å². The lowest BCUT2D eigenvalue weighted by Gasteiger charge is -2.11. The zero-order valence-corrected chi connectivity index (χ0v) is 10.2. The van der Waals surface area contributed by atoms with Crippen LogP contribution < -0.4 is 15.6 Å². The van der Waals surface area contributed by atoms with Gasteiger partial charge in [0.2, 0.25) is 5.91 Å². The smallest absolute Gasteiger partial charge is 0.387 e. The van der Waals surface area contributed by atoms with Crippen molar-refractivity contribution < 1.29 is 18.3 Å². The van der Waals surface area contributed by atoms with Crippen LogP contribution in [-0.2, 0) is 4.79 Å². The number of amides is 1. The van der Waals surface area contributed by atoms with Gasteiger partial charge in [0.25, 0.3) is 0 Å². The summed E-state index contributed by atoms with van der Waals surface area (Å²) >= 11 is 0. The normalized spacial score (nSPS) is 14.1. The second-order valence-electron chi connectivity index (χ2n) is 4.27. The zero-order valence-electron chi connectivity index (χ0n) is 10.2. The predicted octanol–water partition coefficient (Wildman–Crippen LogP) is 2.29. The third kappa shape index (κ3) is 3.94. The molecule has 0 bridgehead atoms. The van der Waals surface area contributed by atoms with Gasteiger partial charge in [-0.3, -0.25) is 15.6 Å². The molecule has 4 nitrogen and oxygen atoms in total. The van der Waals surface area contributed by atoms with E-state index in [0.717, 1.165) is 12.8 Å². The first-order valence-electron chi connectivity index (χ1n) is 5.86. The summed E-state index contributed by atoms with van der Waals surface area (Å²) < 4.78 is 28.2. The summed E-state index contributed by atoms with van der Waals surface area (Å²) in [6.07, 6.45) is 1.83. The first-order chi connectivity index (χ1) is 9.06.